The summed E-state index contributed by atoms with van der Waals surface area (Å²) >= 11 is 0. The van der Waals surface area contributed by atoms with Crippen molar-refractivity contribution in [3.8, 4) is 5.75 Å². The molecule has 0 aliphatic carbocycles. The SMILES string of the molecule is CCC1CCCNC1CNC(=O)c1cc(C)ccc1OC. The van der Waals surface area contributed by atoms with Gasteiger partial charge in [0.05, 0.1) is 12.7 Å². The summed E-state index contributed by atoms with van der Waals surface area (Å²) in [6, 6.07) is 6.05. The van der Waals surface area contributed by atoms with Crippen molar-refractivity contribution in [2.75, 3.05) is 20.2 Å². The Labute approximate surface area is 127 Å². The molecule has 1 aromatic carbocycles. The number of methoxy groups -OCH3 is 1. The molecule has 0 radical (unpaired) electrons. The first-order valence-corrected chi connectivity index (χ1v) is 7.82. The monoisotopic (exact) mass is 290 g/mol. The van der Waals surface area contributed by atoms with Gasteiger partial charge in [-0.15, -0.1) is 0 Å². The molecule has 1 aliphatic rings. The molecule has 0 spiro atoms. The number of benzene rings is 1. The molecule has 2 rings (SSSR count). The van der Waals surface area contributed by atoms with Crippen LogP contribution in [-0.2, 0) is 0 Å². The summed E-state index contributed by atoms with van der Waals surface area (Å²) in [4.78, 5) is 12.4. The number of nitrogens with one attached hydrogen (secondary N) is 2. The van der Waals surface area contributed by atoms with Crippen molar-refractivity contribution in [3.05, 3.63) is 29.3 Å². The van der Waals surface area contributed by atoms with E-state index in [-0.39, 0.29) is 5.91 Å². The van der Waals surface area contributed by atoms with E-state index in [9.17, 15) is 4.79 Å². The molecule has 2 atom stereocenters. The molecule has 21 heavy (non-hydrogen) atoms. The van der Waals surface area contributed by atoms with Crippen molar-refractivity contribution in [2.45, 2.75) is 39.2 Å². The van der Waals surface area contributed by atoms with Gasteiger partial charge in [0.1, 0.15) is 5.75 Å². The number of hydrogen-bond acceptors (Lipinski definition) is 3. The Kier molecular flexibility index (Phi) is 5.62. The Hall–Kier alpha value is -1.55. The van der Waals surface area contributed by atoms with Crippen LogP contribution in [0.2, 0.25) is 0 Å². The number of aryl methyl sites for hydroxylation is 1. The Morgan fingerprint density at radius 2 is 2.29 bits per heavy atom. The smallest absolute Gasteiger partial charge is 0.255 e. The van der Waals surface area contributed by atoms with Gasteiger partial charge in [-0.3, -0.25) is 4.79 Å². The quantitative estimate of drug-likeness (QED) is 0.876. The minimum atomic E-state index is -0.0576. The molecular weight excluding hydrogens is 264 g/mol. The lowest BCUT2D eigenvalue weighted by Crippen LogP contribution is -2.48. The molecule has 1 aromatic rings. The minimum Gasteiger partial charge on any atom is -0.496 e. The van der Waals surface area contributed by atoms with Gasteiger partial charge in [0.25, 0.3) is 5.91 Å². The van der Waals surface area contributed by atoms with Crippen molar-refractivity contribution >= 4 is 5.91 Å². The molecule has 0 bridgehead atoms. The summed E-state index contributed by atoms with van der Waals surface area (Å²) < 4.78 is 5.28. The third kappa shape index (κ3) is 3.97. The van der Waals surface area contributed by atoms with E-state index in [0.717, 1.165) is 18.5 Å². The topological polar surface area (TPSA) is 50.4 Å². The van der Waals surface area contributed by atoms with E-state index in [4.69, 9.17) is 4.74 Å². The Morgan fingerprint density at radius 1 is 1.48 bits per heavy atom. The second-order valence-corrected chi connectivity index (χ2v) is 5.78. The highest BCUT2D eigenvalue weighted by Gasteiger charge is 2.24. The number of ether oxygens (including phenoxy) is 1. The van der Waals surface area contributed by atoms with E-state index in [1.165, 1.54) is 12.8 Å². The van der Waals surface area contributed by atoms with Gasteiger partial charge in [-0.2, -0.15) is 0 Å². The number of hydrogen-bond donors (Lipinski definition) is 2. The molecule has 0 saturated carbocycles. The van der Waals surface area contributed by atoms with E-state index < -0.39 is 0 Å². The number of carbonyl (C=O) groups excluding carboxylic acids is 1. The summed E-state index contributed by atoms with van der Waals surface area (Å²) in [5.74, 6) is 1.22. The molecule has 0 aromatic heterocycles. The van der Waals surface area contributed by atoms with Gasteiger partial charge in [-0.05, 0) is 44.4 Å². The van der Waals surface area contributed by atoms with E-state index >= 15 is 0 Å². The Morgan fingerprint density at radius 3 is 3.00 bits per heavy atom. The molecule has 1 heterocycles. The van der Waals surface area contributed by atoms with Crippen molar-refractivity contribution in [1.82, 2.24) is 10.6 Å². The van der Waals surface area contributed by atoms with Gasteiger partial charge in [-0.1, -0.05) is 25.0 Å². The largest absolute Gasteiger partial charge is 0.496 e. The van der Waals surface area contributed by atoms with Crippen LogP contribution >= 0.6 is 0 Å². The van der Waals surface area contributed by atoms with Gasteiger partial charge in [0, 0.05) is 12.6 Å². The van der Waals surface area contributed by atoms with Crippen LogP contribution in [0, 0.1) is 12.8 Å². The van der Waals surface area contributed by atoms with Crippen LogP contribution in [0.5, 0.6) is 5.75 Å². The zero-order valence-electron chi connectivity index (χ0n) is 13.2. The third-order valence-electron chi connectivity index (χ3n) is 4.33. The first-order valence-electron chi connectivity index (χ1n) is 7.82. The van der Waals surface area contributed by atoms with Crippen LogP contribution < -0.4 is 15.4 Å². The molecule has 1 amide bonds. The highest BCUT2D eigenvalue weighted by Crippen LogP contribution is 2.21. The normalized spacial score (nSPS) is 21.9. The Bertz CT molecular complexity index is 488. The van der Waals surface area contributed by atoms with Crippen molar-refractivity contribution in [2.24, 2.45) is 5.92 Å². The number of amides is 1. The minimum absolute atomic E-state index is 0.0576. The highest BCUT2D eigenvalue weighted by molar-refractivity contribution is 5.97. The van der Waals surface area contributed by atoms with Crippen LogP contribution in [0.4, 0.5) is 0 Å². The van der Waals surface area contributed by atoms with E-state index in [1.807, 2.05) is 25.1 Å². The molecule has 1 aliphatic heterocycles. The maximum absolute atomic E-state index is 12.4. The van der Waals surface area contributed by atoms with Crippen molar-refractivity contribution in [1.29, 1.82) is 0 Å². The average molecular weight is 290 g/mol. The summed E-state index contributed by atoms with van der Waals surface area (Å²) in [7, 11) is 1.59. The van der Waals surface area contributed by atoms with Gasteiger partial charge in [0.2, 0.25) is 0 Å². The molecule has 1 fully saturated rings. The molecular formula is C17H26N2O2. The lowest BCUT2D eigenvalue weighted by Gasteiger charge is -2.32. The molecule has 4 heteroatoms. The Balaban J connectivity index is 1.99. The number of carbonyl (C=O) groups is 1. The lowest BCUT2D eigenvalue weighted by atomic mass is 9.88. The van der Waals surface area contributed by atoms with Crippen molar-refractivity contribution < 1.29 is 9.53 Å². The summed E-state index contributed by atoms with van der Waals surface area (Å²) in [5, 5.41) is 6.57. The molecule has 2 N–H and O–H groups in total. The fourth-order valence-corrected chi connectivity index (χ4v) is 3.04. The van der Waals surface area contributed by atoms with Gasteiger partial charge < -0.3 is 15.4 Å². The van der Waals surface area contributed by atoms with Gasteiger partial charge in [-0.25, -0.2) is 0 Å². The molecule has 4 nitrogen and oxygen atoms in total. The maximum Gasteiger partial charge on any atom is 0.255 e. The standard InChI is InChI=1S/C17H26N2O2/c1-4-13-6-5-9-18-15(13)11-19-17(20)14-10-12(2)7-8-16(14)21-3/h7-8,10,13,15,18H,4-6,9,11H2,1-3H3,(H,19,20). The molecule has 116 valence electrons. The molecule has 2 unspecified atom stereocenters. The predicted octanol–water partition coefficient (Wildman–Crippen LogP) is 2.51. The lowest BCUT2D eigenvalue weighted by molar-refractivity contribution is 0.0939. The first-order chi connectivity index (χ1) is 10.2. The summed E-state index contributed by atoms with van der Waals surface area (Å²) in [5.41, 5.74) is 1.67. The summed E-state index contributed by atoms with van der Waals surface area (Å²) in [6.07, 6.45) is 3.63. The number of rotatable bonds is 5. The maximum atomic E-state index is 12.4. The third-order valence-corrected chi connectivity index (χ3v) is 4.33. The molecule has 1 saturated heterocycles. The summed E-state index contributed by atoms with van der Waals surface area (Å²) in [6.45, 7) is 5.92. The van der Waals surface area contributed by atoms with Crippen LogP contribution in [0.1, 0.15) is 42.1 Å². The highest BCUT2D eigenvalue weighted by atomic mass is 16.5. The van der Waals surface area contributed by atoms with Crippen LogP contribution in [0.3, 0.4) is 0 Å². The fraction of sp³-hybridized carbons (Fsp3) is 0.588. The average Bonchev–Trinajstić information content (AvgIpc) is 2.52. The van der Waals surface area contributed by atoms with Crippen LogP contribution in [0.25, 0.3) is 0 Å². The second kappa shape index (κ2) is 7.46. The van der Waals surface area contributed by atoms with E-state index in [1.54, 1.807) is 7.11 Å². The van der Waals surface area contributed by atoms with Gasteiger partial charge in [0.15, 0.2) is 0 Å². The second-order valence-electron chi connectivity index (χ2n) is 5.78. The number of piperidine rings is 1. The zero-order chi connectivity index (χ0) is 15.2. The van der Waals surface area contributed by atoms with Crippen LogP contribution in [-0.4, -0.2) is 32.1 Å². The van der Waals surface area contributed by atoms with Crippen molar-refractivity contribution in [3.63, 3.8) is 0 Å². The first kappa shape index (κ1) is 15.8. The zero-order valence-corrected chi connectivity index (χ0v) is 13.2. The fourth-order valence-electron chi connectivity index (χ4n) is 3.04. The van der Waals surface area contributed by atoms with Crippen LogP contribution in [0.15, 0.2) is 18.2 Å². The van der Waals surface area contributed by atoms with E-state index in [2.05, 4.69) is 17.6 Å². The van der Waals surface area contributed by atoms with Gasteiger partial charge >= 0.3 is 0 Å². The van der Waals surface area contributed by atoms with E-state index in [0.29, 0.717) is 29.8 Å². The predicted molar refractivity (Wildman–Crippen MR) is 84.9 cm³/mol.